The lowest BCUT2D eigenvalue weighted by Crippen LogP contribution is -2.60. The molecule has 0 radical (unpaired) electrons. The fourth-order valence-electron chi connectivity index (χ4n) is 2.29. The first-order valence-corrected chi connectivity index (χ1v) is 6.05. The van der Waals surface area contributed by atoms with E-state index in [1.807, 2.05) is 0 Å². The van der Waals surface area contributed by atoms with E-state index in [1.54, 1.807) is 0 Å². The molecule has 2 heteroatoms. The lowest BCUT2D eigenvalue weighted by Gasteiger charge is -2.44. The van der Waals surface area contributed by atoms with E-state index in [2.05, 4.69) is 43.8 Å². The normalized spacial score (nSPS) is 30.1. The van der Waals surface area contributed by atoms with Gasteiger partial charge in [-0.05, 0) is 19.3 Å². The van der Waals surface area contributed by atoms with Gasteiger partial charge in [-0.2, -0.15) is 0 Å². The first-order valence-electron chi connectivity index (χ1n) is 6.05. The average Bonchev–Trinajstić information content (AvgIpc) is 2.26. The Kier molecular flexibility index (Phi) is 4.63. The Hall–Kier alpha value is -0.520. The van der Waals surface area contributed by atoms with Gasteiger partial charge in [0.1, 0.15) is 0 Å². The van der Waals surface area contributed by atoms with Crippen molar-refractivity contribution in [1.82, 2.24) is 10.2 Å². The van der Waals surface area contributed by atoms with E-state index in [0.717, 1.165) is 13.1 Å². The van der Waals surface area contributed by atoms with Gasteiger partial charge in [0.25, 0.3) is 0 Å². The molecule has 0 spiro atoms. The zero-order chi connectivity index (χ0) is 11.4. The molecule has 1 fully saturated rings. The minimum atomic E-state index is 0.258. The van der Waals surface area contributed by atoms with E-state index in [-0.39, 0.29) is 6.04 Å². The Morgan fingerprint density at radius 2 is 2.13 bits per heavy atom. The summed E-state index contributed by atoms with van der Waals surface area (Å²) in [5, 5.41) is 3.60. The number of rotatable bonds is 3. The molecule has 0 aromatic heterocycles. The largest absolute Gasteiger partial charge is 0.311 e. The second-order valence-electron chi connectivity index (χ2n) is 4.86. The topological polar surface area (TPSA) is 15.3 Å². The quantitative estimate of drug-likeness (QED) is 0.710. The summed E-state index contributed by atoms with van der Waals surface area (Å²) in [6.07, 6.45) is 6.72. The van der Waals surface area contributed by atoms with Crippen LogP contribution in [0.5, 0.6) is 0 Å². The summed E-state index contributed by atoms with van der Waals surface area (Å²) in [5.74, 6) is 3.52. The Balaban J connectivity index is 2.69. The van der Waals surface area contributed by atoms with Gasteiger partial charge < -0.3 is 5.32 Å². The summed E-state index contributed by atoms with van der Waals surface area (Å²) in [6, 6.07) is 1.45. The molecule has 2 nitrogen and oxygen atoms in total. The highest BCUT2D eigenvalue weighted by atomic mass is 15.3. The average molecular weight is 208 g/mol. The molecule has 0 saturated carbocycles. The number of hydrogen-bond donors (Lipinski definition) is 1. The third kappa shape index (κ3) is 2.96. The van der Waals surface area contributed by atoms with Crippen LogP contribution >= 0.6 is 0 Å². The van der Waals surface area contributed by atoms with E-state index in [4.69, 9.17) is 6.42 Å². The van der Waals surface area contributed by atoms with Crippen LogP contribution in [0.2, 0.25) is 0 Å². The molecular formula is C13H24N2. The standard InChI is InChI=1S/C13H24N2/c1-6-11(5)15-9-12(7-2)14-8-13(15)10(3)4/h1,10-14H,7-9H2,2-5H3. The molecule has 0 amide bonds. The van der Waals surface area contributed by atoms with Gasteiger partial charge >= 0.3 is 0 Å². The number of nitrogens with one attached hydrogen (secondary N) is 1. The lowest BCUT2D eigenvalue weighted by molar-refractivity contribution is 0.0815. The van der Waals surface area contributed by atoms with Crippen LogP contribution in [0.25, 0.3) is 0 Å². The molecule has 1 aliphatic rings. The molecule has 3 atom stereocenters. The zero-order valence-electron chi connectivity index (χ0n) is 10.5. The highest BCUT2D eigenvalue weighted by Gasteiger charge is 2.31. The molecule has 15 heavy (non-hydrogen) atoms. The number of nitrogens with zero attached hydrogens (tertiary/aromatic N) is 1. The van der Waals surface area contributed by atoms with E-state index in [0.29, 0.717) is 18.0 Å². The summed E-state index contributed by atoms with van der Waals surface area (Å²) < 4.78 is 0. The monoisotopic (exact) mass is 208 g/mol. The maximum Gasteiger partial charge on any atom is 0.0686 e. The van der Waals surface area contributed by atoms with Crippen molar-refractivity contribution in [3.05, 3.63) is 0 Å². The molecule has 1 aliphatic heterocycles. The molecule has 86 valence electrons. The first kappa shape index (κ1) is 12.5. The smallest absolute Gasteiger partial charge is 0.0686 e. The van der Waals surface area contributed by atoms with Crippen LogP contribution in [0.1, 0.15) is 34.1 Å². The summed E-state index contributed by atoms with van der Waals surface area (Å²) >= 11 is 0. The Morgan fingerprint density at radius 1 is 1.47 bits per heavy atom. The van der Waals surface area contributed by atoms with Crippen molar-refractivity contribution in [2.75, 3.05) is 13.1 Å². The van der Waals surface area contributed by atoms with Crippen LogP contribution in [0, 0.1) is 18.3 Å². The highest BCUT2D eigenvalue weighted by Crippen LogP contribution is 2.18. The molecule has 1 N–H and O–H groups in total. The van der Waals surface area contributed by atoms with Gasteiger partial charge in [-0.1, -0.05) is 26.7 Å². The van der Waals surface area contributed by atoms with Crippen LogP contribution in [-0.2, 0) is 0 Å². The molecule has 1 saturated heterocycles. The molecule has 1 heterocycles. The third-order valence-corrected chi connectivity index (χ3v) is 3.47. The number of piperazine rings is 1. The SMILES string of the molecule is C#CC(C)N1CC(CC)NCC1C(C)C. The maximum atomic E-state index is 5.54. The number of terminal acetylenes is 1. The third-order valence-electron chi connectivity index (χ3n) is 3.47. The molecule has 0 aromatic carbocycles. The van der Waals surface area contributed by atoms with Crippen molar-refractivity contribution in [2.45, 2.75) is 52.2 Å². The van der Waals surface area contributed by atoms with E-state index in [1.165, 1.54) is 6.42 Å². The summed E-state index contributed by atoms with van der Waals surface area (Å²) in [4.78, 5) is 2.48. The predicted molar refractivity (Wildman–Crippen MR) is 65.7 cm³/mol. The van der Waals surface area contributed by atoms with Crippen LogP contribution < -0.4 is 5.32 Å². The van der Waals surface area contributed by atoms with Gasteiger partial charge in [-0.25, -0.2) is 0 Å². The van der Waals surface area contributed by atoms with Crippen LogP contribution in [0.3, 0.4) is 0 Å². The molecule has 0 bridgehead atoms. The minimum Gasteiger partial charge on any atom is -0.311 e. The second kappa shape index (κ2) is 5.53. The highest BCUT2D eigenvalue weighted by molar-refractivity contribution is 5.02. The molecule has 1 rings (SSSR count). The van der Waals surface area contributed by atoms with Crippen LogP contribution in [0.15, 0.2) is 0 Å². The zero-order valence-corrected chi connectivity index (χ0v) is 10.5. The van der Waals surface area contributed by atoms with Gasteiger partial charge in [0.05, 0.1) is 6.04 Å². The summed E-state index contributed by atoms with van der Waals surface area (Å²) in [7, 11) is 0. The van der Waals surface area contributed by atoms with Crippen molar-refractivity contribution in [3.8, 4) is 12.3 Å². The Bertz CT molecular complexity index is 229. The van der Waals surface area contributed by atoms with Gasteiger partial charge in [0.2, 0.25) is 0 Å². The fourth-order valence-corrected chi connectivity index (χ4v) is 2.29. The summed E-state index contributed by atoms with van der Waals surface area (Å²) in [6.45, 7) is 11.1. The van der Waals surface area contributed by atoms with Gasteiger partial charge in [-0.15, -0.1) is 6.42 Å². The van der Waals surface area contributed by atoms with E-state index >= 15 is 0 Å². The summed E-state index contributed by atoms with van der Waals surface area (Å²) in [5.41, 5.74) is 0. The minimum absolute atomic E-state index is 0.258. The lowest BCUT2D eigenvalue weighted by atomic mass is 9.96. The maximum absolute atomic E-state index is 5.54. The Morgan fingerprint density at radius 3 is 2.60 bits per heavy atom. The van der Waals surface area contributed by atoms with Gasteiger partial charge in [-0.3, -0.25) is 4.90 Å². The molecule has 3 unspecified atom stereocenters. The van der Waals surface area contributed by atoms with Crippen LogP contribution in [-0.4, -0.2) is 36.1 Å². The van der Waals surface area contributed by atoms with Crippen molar-refractivity contribution in [1.29, 1.82) is 0 Å². The van der Waals surface area contributed by atoms with Crippen molar-refractivity contribution < 1.29 is 0 Å². The first-order chi connectivity index (χ1) is 7.10. The van der Waals surface area contributed by atoms with Crippen LogP contribution in [0.4, 0.5) is 0 Å². The predicted octanol–water partition coefficient (Wildman–Crippen LogP) is 1.72. The number of hydrogen-bond acceptors (Lipinski definition) is 2. The molecule has 0 aromatic rings. The van der Waals surface area contributed by atoms with Gasteiger partial charge in [0, 0.05) is 25.2 Å². The van der Waals surface area contributed by atoms with Crippen molar-refractivity contribution in [2.24, 2.45) is 5.92 Å². The fraction of sp³-hybridized carbons (Fsp3) is 0.846. The van der Waals surface area contributed by atoms with E-state index in [9.17, 15) is 0 Å². The molecular weight excluding hydrogens is 184 g/mol. The Labute approximate surface area is 94.4 Å². The van der Waals surface area contributed by atoms with E-state index < -0.39 is 0 Å². The second-order valence-corrected chi connectivity index (χ2v) is 4.86. The molecule has 0 aliphatic carbocycles. The van der Waals surface area contributed by atoms with Crippen molar-refractivity contribution >= 4 is 0 Å². The van der Waals surface area contributed by atoms with Crippen molar-refractivity contribution in [3.63, 3.8) is 0 Å². The van der Waals surface area contributed by atoms with Gasteiger partial charge in [0.15, 0.2) is 0 Å².